The van der Waals surface area contributed by atoms with Crippen LogP contribution in [0.3, 0.4) is 0 Å². The van der Waals surface area contributed by atoms with Gasteiger partial charge in [-0.15, -0.1) is 0 Å². The summed E-state index contributed by atoms with van der Waals surface area (Å²) < 4.78 is 171. The normalized spacial score (nSPS) is 14.4. The van der Waals surface area contributed by atoms with Gasteiger partial charge in [-0.05, 0) is 0 Å². The maximum atomic E-state index is 13.5. The second-order valence-corrected chi connectivity index (χ2v) is 5.77. The number of benzene rings is 1. The van der Waals surface area contributed by atoms with Crippen LogP contribution in [0.25, 0.3) is 0 Å². The maximum Gasteiger partial charge on any atom is 0.460 e. The largest absolute Gasteiger partial charge is 0.460 e. The van der Waals surface area contributed by atoms with Crippen LogP contribution in [-0.4, -0.2) is 54.1 Å². The highest BCUT2D eigenvalue weighted by molar-refractivity contribution is 6.40. The topological polar surface area (TPSA) is 43.4 Å². The highest BCUT2D eigenvalue weighted by Gasteiger charge is 2.90. The van der Waals surface area contributed by atoms with E-state index in [2.05, 4.69) is 4.74 Å². The van der Waals surface area contributed by atoms with Crippen molar-refractivity contribution in [1.29, 1.82) is 0 Å². The third-order valence-electron chi connectivity index (χ3n) is 3.60. The average Bonchev–Trinajstić information content (AvgIpc) is 2.64. The van der Waals surface area contributed by atoms with Crippen LogP contribution < -0.4 is 0 Å². The van der Waals surface area contributed by atoms with Gasteiger partial charge < -0.3 is 4.74 Å². The number of alkyl halides is 13. The molecule has 0 spiro atoms. The SMILES string of the molecule is O=C(OCC(F)(F)C(F)(F)C(F)(F)C(F)(F)C(F)(F)C(F)(F)F)C(=O)c1ccccc1. The number of rotatable bonds is 8. The summed E-state index contributed by atoms with van der Waals surface area (Å²) in [4.78, 5) is 22.8. The highest BCUT2D eigenvalue weighted by Crippen LogP contribution is 2.60. The number of carbonyl (C=O) groups is 2. The van der Waals surface area contributed by atoms with E-state index in [4.69, 9.17) is 0 Å². The minimum absolute atomic E-state index is 0.566. The lowest BCUT2D eigenvalue weighted by Gasteiger charge is -2.39. The van der Waals surface area contributed by atoms with Gasteiger partial charge in [-0.1, -0.05) is 30.3 Å². The summed E-state index contributed by atoms with van der Waals surface area (Å²) in [7, 11) is 0. The summed E-state index contributed by atoms with van der Waals surface area (Å²) >= 11 is 0. The quantitative estimate of drug-likeness (QED) is 0.223. The van der Waals surface area contributed by atoms with Gasteiger partial charge in [0.2, 0.25) is 0 Å². The molecule has 0 aliphatic rings. The van der Waals surface area contributed by atoms with E-state index >= 15 is 0 Å². The summed E-state index contributed by atoms with van der Waals surface area (Å²) in [5, 5.41) is 0. The van der Waals surface area contributed by atoms with E-state index in [-0.39, 0.29) is 0 Å². The molecule has 0 radical (unpaired) electrons. The summed E-state index contributed by atoms with van der Waals surface area (Å²) in [6, 6.07) is 5.35. The molecule has 0 heterocycles. The number of Topliss-reactive ketones (excluding diaryl/α,β-unsaturated/α-hetero) is 1. The molecule has 0 amide bonds. The van der Waals surface area contributed by atoms with Gasteiger partial charge in [-0.25, -0.2) is 4.79 Å². The molecule has 0 aromatic heterocycles. The van der Waals surface area contributed by atoms with Crippen LogP contribution in [0.4, 0.5) is 57.1 Å². The molecule has 0 N–H and O–H groups in total. The van der Waals surface area contributed by atoms with Gasteiger partial charge >= 0.3 is 41.8 Å². The van der Waals surface area contributed by atoms with E-state index in [1.807, 2.05) is 0 Å². The van der Waals surface area contributed by atoms with Crippen molar-refractivity contribution in [2.24, 2.45) is 0 Å². The molecule has 1 aromatic carbocycles. The van der Waals surface area contributed by atoms with E-state index in [1.54, 1.807) is 0 Å². The van der Waals surface area contributed by atoms with Crippen molar-refractivity contribution in [3.05, 3.63) is 35.9 Å². The number of esters is 1. The molecule has 0 unspecified atom stereocenters. The average molecular weight is 482 g/mol. The molecule has 0 aliphatic heterocycles. The molecular weight excluding hydrogens is 475 g/mol. The van der Waals surface area contributed by atoms with E-state index in [0.717, 1.165) is 24.3 Å². The maximum absolute atomic E-state index is 13.5. The van der Waals surface area contributed by atoms with E-state index in [1.165, 1.54) is 6.07 Å². The molecule has 176 valence electrons. The molecule has 0 aliphatic carbocycles. The van der Waals surface area contributed by atoms with Crippen LogP contribution in [0.1, 0.15) is 10.4 Å². The van der Waals surface area contributed by atoms with Crippen molar-refractivity contribution < 1.29 is 71.4 Å². The Hall–Kier alpha value is -2.55. The Morgan fingerprint density at radius 1 is 0.645 bits per heavy atom. The lowest BCUT2D eigenvalue weighted by atomic mass is 9.94. The standard InChI is InChI=1S/C15H7F13O3/c16-10(17,6-31-9(30)8(29)7-4-2-1-3-5-7)11(18,19)12(20,21)13(22,23)14(24,25)15(26,27)28/h1-5H,6H2. The third-order valence-corrected chi connectivity index (χ3v) is 3.60. The van der Waals surface area contributed by atoms with E-state index in [0.29, 0.717) is 0 Å². The molecule has 16 heteroatoms. The van der Waals surface area contributed by atoms with Crippen molar-refractivity contribution in [3.8, 4) is 0 Å². The monoisotopic (exact) mass is 482 g/mol. The van der Waals surface area contributed by atoms with E-state index in [9.17, 15) is 66.7 Å². The molecule has 0 saturated heterocycles. The molecular formula is C15H7F13O3. The Bertz CT molecular complexity index is 815. The fourth-order valence-corrected chi connectivity index (χ4v) is 1.82. The van der Waals surface area contributed by atoms with E-state index < -0.39 is 59.7 Å². The van der Waals surface area contributed by atoms with Crippen LogP contribution >= 0.6 is 0 Å². The van der Waals surface area contributed by atoms with Crippen molar-refractivity contribution in [2.45, 2.75) is 35.8 Å². The lowest BCUT2D eigenvalue weighted by molar-refractivity contribution is -0.441. The minimum Gasteiger partial charge on any atom is -0.453 e. The molecule has 0 atom stereocenters. The minimum atomic E-state index is -8.06. The molecule has 0 saturated carbocycles. The van der Waals surface area contributed by atoms with Crippen LogP contribution in [0.15, 0.2) is 30.3 Å². The van der Waals surface area contributed by atoms with Crippen LogP contribution in [0.5, 0.6) is 0 Å². The van der Waals surface area contributed by atoms with Gasteiger partial charge in [0, 0.05) is 5.56 Å². The molecule has 0 bridgehead atoms. The molecule has 31 heavy (non-hydrogen) atoms. The fraction of sp³-hybridized carbons (Fsp3) is 0.467. The first kappa shape index (κ1) is 26.5. The van der Waals surface area contributed by atoms with Gasteiger partial charge in [0.1, 0.15) is 0 Å². The second kappa shape index (κ2) is 7.85. The zero-order chi connectivity index (χ0) is 24.7. The Morgan fingerprint density at radius 3 is 1.48 bits per heavy atom. The van der Waals surface area contributed by atoms with Crippen LogP contribution in [-0.2, 0) is 9.53 Å². The molecule has 0 fully saturated rings. The zero-order valence-corrected chi connectivity index (χ0v) is 14.2. The number of carbonyl (C=O) groups excluding carboxylic acids is 2. The highest BCUT2D eigenvalue weighted by atomic mass is 19.4. The Kier molecular flexibility index (Phi) is 6.71. The number of ketones is 1. The third kappa shape index (κ3) is 4.28. The first-order chi connectivity index (χ1) is 13.6. The van der Waals surface area contributed by atoms with Gasteiger partial charge in [0.25, 0.3) is 5.78 Å². The summed E-state index contributed by atoms with van der Waals surface area (Å²) in [6.45, 7) is -3.24. The Labute approximate surface area is 162 Å². The summed E-state index contributed by atoms with van der Waals surface area (Å²) in [5.41, 5.74) is -0.566. The predicted octanol–water partition coefficient (Wildman–Crippen LogP) is 5.15. The Morgan fingerprint density at radius 2 is 1.06 bits per heavy atom. The van der Waals surface area contributed by atoms with Gasteiger partial charge in [-0.2, -0.15) is 57.1 Å². The van der Waals surface area contributed by atoms with Crippen LogP contribution in [0.2, 0.25) is 0 Å². The van der Waals surface area contributed by atoms with Gasteiger partial charge in [0.05, 0.1) is 0 Å². The second-order valence-electron chi connectivity index (χ2n) is 5.77. The summed E-state index contributed by atoms with van der Waals surface area (Å²) in [5.74, 6) is -42.3. The Balaban J connectivity index is 3.17. The molecule has 1 rings (SSSR count). The van der Waals surface area contributed by atoms with Crippen molar-refractivity contribution in [3.63, 3.8) is 0 Å². The smallest absolute Gasteiger partial charge is 0.453 e. The van der Waals surface area contributed by atoms with Crippen molar-refractivity contribution in [2.75, 3.05) is 6.61 Å². The van der Waals surface area contributed by atoms with Crippen molar-refractivity contribution in [1.82, 2.24) is 0 Å². The first-order valence-electron chi connectivity index (χ1n) is 7.37. The number of halogens is 13. The van der Waals surface area contributed by atoms with Gasteiger partial charge in [-0.3, -0.25) is 4.79 Å². The number of hydrogen-bond acceptors (Lipinski definition) is 3. The number of hydrogen-bond donors (Lipinski definition) is 0. The molecule has 1 aromatic rings. The van der Waals surface area contributed by atoms with Gasteiger partial charge in [0.15, 0.2) is 6.61 Å². The summed E-state index contributed by atoms with van der Waals surface area (Å²) in [6.07, 6.45) is -7.53. The number of ether oxygens (including phenoxy) is 1. The molecule has 3 nitrogen and oxygen atoms in total. The zero-order valence-electron chi connectivity index (χ0n) is 14.2. The van der Waals surface area contributed by atoms with Crippen LogP contribution in [0, 0.1) is 0 Å². The predicted molar refractivity (Wildman–Crippen MR) is 72.5 cm³/mol. The fourth-order valence-electron chi connectivity index (χ4n) is 1.82. The van der Waals surface area contributed by atoms with Crippen molar-refractivity contribution >= 4 is 11.8 Å². The lowest BCUT2D eigenvalue weighted by Crippen LogP contribution is -2.70. The first-order valence-corrected chi connectivity index (χ1v) is 7.37.